The second kappa shape index (κ2) is 5.95. The highest BCUT2D eigenvalue weighted by molar-refractivity contribution is 6.30. The van der Waals surface area contributed by atoms with E-state index in [-0.39, 0.29) is 5.97 Å². The number of carbonyl (C=O) groups excluding carboxylic acids is 1. The van der Waals surface area contributed by atoms with Crippen LogP contribution in [0.5, 0.6) is 0 Å². The number of fused-ring (bicyclic) bond motifs is 1. The maximum atomic E-state index is 11.2. The summed E-state index contributed by atoms with van der Waals surface area (Å²) in [4.78, 5) is 13.9. The van der Waals surface area contributed by atoms with Crippen molar-refractivity contribution in [3.63, 3.8) is 0 Å². The SMILES string of the molecule is CC(=O)OC[C@H]1[C@@H]2C[C@@H]3CC[C@H]1N3C/C2=C\c1cccc(Cl)c1. The quantitative estimate of drug-likeness (QED) is 0.790. The summed E-state index contributed by atoms with van der Waals surface area (Å²) in [5.74, 6) is 0.809. The van der Waals surface area contributed by atoms with Crippen LogP contribution in [0, 0.1) is 11.8 Å². The van der Waals surface area contributed by atoms with Crippen LogP contribution in [-0.2, 0) is 9.53 Å². The molecule has 4 bridgehead atoms. The molecular weight excluding hydrogens is 310 g/mol. The lowest BCUT2D eigenvalue weighted by Crippen LogP contribution is -2.57. The Kier molecular flexibility index (Phi) is 3.94. The first-order valence-corrected chi connectivity index (χ1v) is 8.85. The molecule has 4 heterocycles. The Morgan fingerprint density at radius 1 is 1.43 bits per heavy atom. The van der Waals surface area contributed by atoms with Gasteiger partial charge in [0.15, 0.2) is 0 Å². The third-order valence-corrected chi connectivity index (χ3v) is 5.98. The standard InChI is InChI=1S/C19H22ClNO2/c1-12(22)23-11-18-17-9-16-5-6-19(18)21(16)10-14(17)7-13-3-2-4-15(20)8-13/h2-4,7-8,16-19H,5-6,9-11H2,1H3/b14-7+/t16-,17+,18-,19+/m0/s1. The number of nitrogens with zero attached hydrogens (tertiary/aromatic N) is 1. The molecule has 1 aromatic rings. The van der Waals surface area contributed by atoms with Crippen LogP contribution in [0.15, 0.2) is 29.8 Å². The minimum Gasteiger partial charge on any atom is -0.465 e. The van der Waals surface area contributed by atoms with Gasteiger partial charge in [-0.1, -0.05) is 35.4 Å². The van der Waals surface area contributed by atoms with Crippen molar-refractivity contribution in [1.29, 1.82) is 0 Å². The average Bonchev–Trinajstić information content (AvgIpc) is 2.83. The molecule has 4 fully saturated rings. The predicted molar refractivity (Wildman–Crippen MR) is 91.2 cm³/mol. The van der Waals surface area contributed by atoms with Crippen LogP contribution in [-0.4, -0.2) is 36.1 Å². The monoisotopic (exact) mass is 331 g/mol. The number of ether oxygens (including phenoxy) is 1. The third-order valence-electron chi connectivity index (χ3n) is 5.75. The number of piperidine rings is 3. The van der Waals surface area contributed by atoms with Crippen molar-refractivity contribution in [1.82, 2.24) is 4.90 Å². The summed E-state index contributed by atoms with van der Waals surface area (Å²) in [6, 6.07) is 9.35. The largest absolute Gasteiger partial charge is 0.465 e. The molecule has 122 valence electrons. The van der Waals surface area contributed by atoms with E-state index in [9.17, 15) is 4.79 Å². The second-order valence-electron chi connectivity index (χ2n) is 7.05. The molecule has 1 unspecified atom stereocenters. The molecule has 0 aromatic heterocycles. The van der Waals surface area contributed by atoms with E-state index >= 15 is 0 Å². The number of carbonyl (C=O) groups is 1. The Labute approximate surface area is 142 Å². The number of rotatable bonds is 3. The minimum atomic E-state index is -0.170. The van der Waals surface area contributed by atoms with Crippen LogP contribution >= 0.6 is 11.6 Å². The highest BCUT2D eigenvalue weighted by atomic mass is 35.5. The molecule has 4 heteroatoms. The fourth-order valence-electron chi connectivity index (χ4n) is 4.82. The van der Waals surface area contributed by atoms with Crippen LogP contribution in [0.3, 0.4) is 0 Å². The highest BCUT2D eigenvalue weighted by Crippen LogP contribution is 2.50. The fourth-order valence-corrected chi connectivity index (χ4v) is 5.02. The lowest BCUT2D eigenvalue weighted by molar-refractivity contribution is -0.145. The molecule has 4 saturated heterocycles. The molecule has 0 N–H and O–H groups in total. The minimum absolute atomic E-state index is 0.170. The molecule has 1 aromatic carbocycles. The predicted octanol–water partition coefficient (Wildman–Crippen LogP) is 3.77. The van der Waals surface area contributed by atoms with E-state index in [0.717, 1.165) is 17.6 Å². The number of esters is 1. The van der Waals surface area contributed by atoms with Crippen LogP contribution in [0.1, 0.15) is 31.7 Å². The zero-order valence-corrected chi connectivity index (χ0v) is 14.1. The van der Waals surface area contributed by atoms with Gasteiger partial charge in [-0.15, -0.1) is 0 Å². The van der Waals surface area contributed by atoms with Gasteiger partial charge < -0.3 is 4.74 Å². The van der Waals surface area contributed by atoms with E-state index in [1.807, 2.05) is 18.2 Å². The van der Waals surface area contributed by atoms with E-state index in [1.54, 1.807) is 0 Å². The van der Waals surface area contributed by atoms with Crippen molar-refractivity contribution < 1.29 is 9.53 Å². The first-order valence-electron chi connectivity index (χ1n) is 8.47. The van der Waals surface area contributed by atoms with Crippen molar-refractivity contribution in [3.8, 4) is 0 Å². The van der Waals surface area contributed by atoms with E-state index in [2.05, 4.69) is 17.0 Å². The smallest absolute Gasteiger partial charge is 0.302 e. The van der Waals surface area contributed by atoms with E-state index in [0.29, 0.717) is 24.5 Å². The van der Waals surface area contributed by atoms with E-state index in [4.69, 9.17) is 16.3 Å². The molecule has 23 heavy (non-hydrogen) atoms. The third kappa shape index (κ3) is 2.81. The van der Waals surface area contributed by atoms with Crippen molar-refractivity contribution in [3.05, 3.63) is 40.4 Å². The van der Waals surface area contributed by atoms with Crippen molar-refractivity contribution >= 4 is 23.6 Å². The summed E-state index contributed by atoms with van der Waals surface area (Å²) in [6.07, 6.45) is 6.04. The number of hydrogen-bond donors (Lipinski definition) is 0. The summed E-state index contributed by atoms with van der Waals surface area (Å²) in [7, 11) is 0. The second-order valence-corrected chi connectivity index (χ2v) is 7.49. The molecule has 0 amide bonds. The Bertz CT molecular complexity index is 657. The lowest BCUT2D eigenvalue weighted by atomic mass is 9.71. The van der Waals surface area contributed by atoms with Crippen molar-refractivity contribution in [2.45, 2.75) is 38.3 Å². The zero-order valence-electron chi connectivity index (χ0n) is 13.4. The topological polar surface area (TPSA) is 29.5 Å². The molecule has 0 radical (unpaired) electrons. The van der Waals surface area contributed by atoms with Gasteiger partial charge in [-0.3, -0.25) is 9.69 Å². The summed E-state index contributed by atoms with van der Waals surface area (Å²) in [5, 5.41) is 0.775. The number of hydrogen-bond acceptors (Lipinski definition) is 3. The van der Waals surface area contributed by atoms with Crippen LogP contribution < -0.4 is 0 Å². The molecule has 5 rings (SSSR count). The summed E-state index contributed by atoms with van der Waals surface area (Å²) in [6.45, 7) is 3.12. The van der Waals surface area contributed by atoms with E-state index in [1.165, 1.54) is 37.3 Å². The Morgan fingerprint density at radius 2 is 2.30 bits per heavy atom. The summed E-state index contributed by atoms with van der Waals surface area (Å²) < 4.78 is 5.39. The first-order chi connectivity index (χ1) is 11.1. The molecule has 0 aliphatic carbocycles. The van der Waals surface area contributed by atoms with Gasteiger partial charge in [0, 0.05) is 36.5 Å². The number of halogens is 1. The molecule has 3 nitrogen and oxygen atoms in total. The van der Waals surface area contributed by atoms with Gasteiger partial charge in [0.05, 0.1) is 6.61 Å². The lowest BCUT2D eigenvalue weighted by Gasteiger charge is -2.51. The highest BCUT2D eigenvalue weighted by Gasteiger charge is 2.52. The zero-order chi connectivity index (χ0) is 16.0. The Morgan fingerprint density at radius 3 is 3.09 bits per heavy atom. The van der Waals surface area contributed by atoms with Crippen LogP contribution in [0.25, 0.3) is 6.08 Å². The van der Waals surface area contributed by atoms with Gasteiger partial charge in [0.1, 0.15) is 0 Å². The molecular formula is C19H22ClNO2. The molecule has 4 aliphatic rings. The molecule has 0 saturated carbocycles. The summed E-state index contributed by atoms with van der Waals surface area (Å²) >= 11 is 6.11. The Balaban J connectivity index is 1.61. The van der Waals surface area contributed by atoms with Gasteiger partial charge in [-0.25, -0.2) is 0 Å². The molecule has 5 atom stereocenters. The van der Waals surface area contributed by atoms with Crippen molar-refractivity contribution in [2.75, 3.05) is 13.2 Å². The molecule has 0 spiro atoms. The summed E-state index contributed by atoms with van der Waals surface area (Å²) in [5.41, 5.74) is 2.64. The maximum Gasteiger partial charge on any atom is 0.302 e. The van der Waals surface area contributed by atoms with E-state index < -0.39 is 0 Å². The average molecular weight is 332 g/mol. The Hall–Kier alpha value is -1.32. The fraction of sp³-hybridized carbons (Fsp3) is 0.526. The van der Waals surface area contributed by atoms with Gasteiger partial charge in [-0.2, -0.15) is 0 Å². The van der Waals surface area contributed by atoms with Gasteiger partial charge in [0.25, 0.3) is 0 Å². The van der Waals surface area contributed by atoms with Gasteiger partial charge in [-0.05, 0) is 42.9 Å². The van der Waals surface area contributed by atoms with Crippen molar-refractivity contribution in [2.24, 2.45) is 11.8 Å². The van der Waals surface area contributed by atoms with Crippen LogP contribution in [0.4, 0.5) is 0 Å². The van der Waals surface area contributed by atoms with Gasteiger partial charge >= 0.3 is 5.97 Å². The van der Waals surface area contributed by atoms with Crippen LogP contribution in [0.2, 0.25) is 5.02 Å². The number of benzene rings is 1. The van der Waals surface area contributed by atoms with Gasteiger partial charge in [0.2, 0.25) is 0 Å². The normalized spacial score (nSPS) is 36.4. The first kappa shape index (κ1) is 15.2. The maximum absolute atomic E-state index is 11.2. The molecule has 4 aliphatic heterocycles.